The summed E-state index contributed by atoms with van der Waals surface area (Å²) in [4.78, 5) is 14.9. The average Bonchev–Trinajstić information content (AvgIpc) is 3.06. The van der Waals surface area contributed by atoms with Gasteiger partial charge in [-0.3, -0.25) is 4.79 Å². The standard InChI is InChI=1S/C14H25N3O2/c1-10(2)11-6-5-9-17(11)13(18)14(12(15)16-19)7-3-4-8-14/h10-11,19H,3-9H2,1-2H3,(H2,15,16). The van der Waals surface area contributed by atoms with Crippen molar-refractivity contribution >= 4 is 11.7 Å². The molecule has 1 atom stereocenters. The summed E-state index contributed by atoms with van der Waals surface area (Å²) in [6.07, 6.45) is 5.49. The van der Waals surface area contributed by atoms with Crippen LogP contribution in [0.25, 0.3) is 0 Å². The minimum atomic E-state index is -0.744. The molecule has 2 fully saturated rings. The second kappa shape index (κ2) is 5.39. The van der Waals surface area contributed by atoms with Crippen molar-refractivity contribution in [2.75, 3.05) is 6.54 Å². The van der Waals surface area contributed by atoms with Gasteiger partial charge in [0.25, 0.3) is 0 Å². The molecule has 19 heavy (non-hydrogen) atoms. The molecule has 0 aromatic rings. The predicted molar refractivity (Wildman–Crippen MR) is 73.9 cm³/mol. The maximum Gasteiger partial charge on any atom is 0.236 e. The Hall–Kier alpha value is -1.26. The first-order valence-corrected chi connectivity index (χ1v) is 7.32. The van der Waals surface area contributed by atoms with Crippen LogP contribution >= 0.6 is 0 Å². The molecule has 0 radical (unpaired) electrons. The highest BCUT2D eigenvalue weighted by atomic mass is 16.4. The molecule has 1 amide bonds. The number of nitrogens with two attached hydrogens (primary N) is 1. The largest absolute Gasteiger partial charge is 0.409 e. The normalized spacial score (nSPS) is 27.2. The number of amides is 1. The van der Waals surface area contributed by atoms with Gasteiger partial charge >= 0.3 is 0 Å². The molecule has 1 unspecified atom stereocenters. The van der Waals surface area contributed by atoms with Crippen molar-refractivity contribution in [2.45, 2.75) is 58.4 Å². The van der Waals surface area contributed by atoms with E-state index in [-0.39, 0.29) is 11.7 Å². The zero-order valence-electron chi connectivity index (χ0n) is 11.9. The first-order valence-electron chi connectivity index (χ1n) is 7.32. The van der Waals surface area contributed by atoms with Crippen LogP contribution in [-0.4, -0.2) is 34.4 Å². The molecule has 3 N–H and O–H groups in total. The number of rotatable bonds is 3. The van der Waals surface area contributed by atoms with E-state index in [1.807, 2.05) is 4.90 Å². The van der Waals surface area contributed by atoms with Gasteiger partial charge in [-0.1, -0.05) is 31.8 Å². The second-order valence-corrected chi connectivity index (χ2v) is 6.23. The van der Waals surface area contributed by atoms with Gasteiger partial charge in [-0.05, 0) is 31.6 Å². The lowest BCUT2D eigenvalue weighted by atomic mass is 9.82. The second-order valence-electron chi connectivity index (χ2n) is 6.23. The van der Waals surface area contributed by atoms with Crippen molar-refractivity contribution in [3.63, 3.8) is 0 Å². The average molecular weight is 267 g/mol. The molecule has 1 saturated heterocycles. The number of oxime groups is 1. The molecule has 108 valence electrons. The van der Waals surface area contributed by atoms with Crippen LogP contribution in [0.3, 0.4) is 0 Å². The molecule has 0 aromatic carbocycles. The number of carbonyl (C=O) groups excluding carboxylic acids is 1. The molecule has 1 saturated carbocycles. The number of hydrogen-bond acceptors (Lipinski definition) is 3. The molecule has 0 bridgehead atoms. The van der Waals surface area contributed by atoms with Gasteiger partial charge in [0.15, 0.2) is 5.84 Å². The number of amidine groups is 1. The number of nitrogens with zero attached hydrogens (tertiary/aromatic N) is 2. The van der Waals surface area contributed by atoms with Crippen molar-refractivity contribution in [2.24, 2.45) is 22.2 Å². The SMILES string of the molecule is CC(C)C1CCCN1C(=O)C1(C(N)=NO)CCCC1. The fourth-order valence-corrected chi connectivity index (χ4v) is 3.67. The smallest absolute Gasteiger partial charge is 0.236 e. The fraction of sp³-hybridized carbons (Fsp3) is 0.857. The molecule has 2 rings (SSSR count). The third-order valence-corrected chi connectivity index (χ3v) is 4.79. The maximum atomic E-state index is 12.9. The molecule has 5 heteroatoms. The summed E-state index contributed by atoms with van der Waals surface area (Å²) in [7, 11) is 0. The van der Waals surface area contributed by atoms with E-state index >= 15 is 0 Å². The lowest BCUT2D eigenvalue weighted by Gasteiger charge is -2.36. The van der Waals surface area contributed by atoms with Gasteiger partial charge in [-0.2, -0.15) is 0 Å². The topological polar surface area (TPSA) is 78.9 Å². The Labute approximate surface area is 114 Å². The molecule has 1 aliphatic carbocycles. The van der Waals surface area contributed by atoms with E-state index in [0.29, 0.717) is 24.8 Å². The number of carbonyl (C=O) groups is 1. The predicted octanol–water partition coefficient (Wildman–Crippen LogP) is 1.94. The van der Waals surface area contributed by atoms with Gasteiger partial charge in [-0.15, -0.1) is 0 Å². The van der Waals surface area contributed by atoms with Crippen molar-refractivity contribution in [1.29, 1.82) is 0 Å². The summed E-state index contributed by atoms with van der Waals surface area (Å²) in [5.41, 5.74) is 5.11. The van der Waals surface area contributed by atoms with E-state index in [1.54, 1.807) is 0 Å². The zero-order chi connectivity index (χ0) is 14.0. The highest BCUT2D eigenvalue weighted by molar-refractivity contribution is 6.07. The summed E-state index contributed by atoms with van der Waals surface area (Å²) in [5, 5.41) is 12.2. The van der Waals surface area contributed by atoms with Crippen LogP contribution in [0.15, 0.2) is 5.16 Å². The lowest BCUT2D eigenvalue weighted by molar-refractivity contribution is -0.139. The van der Waals surface area contributed by atoms with Crippen LogP contribution in [0, 0.1) is 11.3 Å². The van der Waals surface area contributed by atoms with E-state index in [4.69, 9.17) is 10.9 Å². The third-order valence-electron chi connectivity index (χ3n) is 4.79. The van der Waals surface area contributed by atoms with Gasteiger partial charge in [0.05, 0.1) is 0 Å². The fourth-order valence-electron chi connectivity index (χ4n) is 3.67. The Kier molecular flexibility index (Phi) is 4.02. The van der Waals surface area contributed by atoms with Crippen molar-refractivity contribution in [3.8, 4) is 0 Å². The maximum absolute atomic E-state index is 12.9. The van der Waals surface area contributed by atoms with Crippen LogP contribution in [0.2, 0.25) is 0 Å². The summed E-state index contributed by atoms with van der Waals surface area (Å²) in [5.74, 6) is 0.637. The molecule has 0 aromatic heterocycles. The monoisotopic (exact) mass is 267 g/mol. The van der Waals surface area contributed by atoms with Crippen molar-refractivity contribution in [1.82, 2.24) is 4.90 Å². The number of likely N-dealkylation sites (tertiary alicyclic amines) is 1. The molecule has 2 aliphatic rings. The highest BCUT2D eigenvalue weighted by Crippen LogP contribution is 2.42. The molecule has 5 nitrogen and oxygen atoms in total. The molecule has 1 aliphatic heterocycles. The third kappa shape index (κ3) is 2.30. The summed E-state index contributed by atoms with van der Waals surface area (Å²) in [6, 6.07) is 0.302. The summed E-state index contributed by atoms with van der Waals surface area (Å²) in [6.45, 7) is 5.12. The minimum absolute atomic E-state index is 0.0801. The van der Waals surface area contributed by atoms with Gasteiger partial charge < -0.3 is 15.8 Å². The van der Waals surface area contributed by atoms with E-state index in [2.05, 4.69) is 19.0 Å². The quantitative estimate of drug-likeness (QED) is 0.355. The van der Waals surface area contributed by atoms with Gasteiger partial charge in [0, 0.05) is 12.6 Å². The van der Waals surface area contributed by atoms with Crippen molar-refractivity contribution < 1.29 is 10.0 Å². The van der Waals surface area contributed by atoms with Crippen LogP contribution in [0.5, 0.6) is 0 Å². The van der Waals surface area contributed by atoms with E-state index in [0.717, 1.165) is 32.2 Å². The van der Waals surface area contributed by atoms with E-state index in [9.17, 15) is 4.79 Å². The molecule has 0 spiro atoms. The van der Waals surface area contributed by atoms with Crippen LogP contribution in [-0.2, 0) is 4.79 Å². The van der Waals surface area contributed by atoms with Crippen LogP contribution in [0.1, 0.15) is 52.4 Å². The highest BCUT2D eigenvalue weighted by Gasteiger charge is 2.49. The first kappa shape index (κ1) is 14.2. The summed E-state index contributed by atoms with van der Waals surface area (Å²) < 4.78 is 0. The first-order chi connectivity index (χ1) is 9.03. The Morgan fingerprint density at radius 1 is 1.37 bits per heavy atom. The van der Waals surface area contributed by atoms with Gasteiger partial charge in [0.1, 0.15) is 5.41 Å². The summed E-state index contributed by atoms with van der Waals surface area (Å²) >= 11 is 0. The van der Waals surface area contributed by atoms with Crippen molar-refractivity contribution in [3.05, 3.63) is 0 Å². The Balaban J connectivity index is 2.25. The van der Waals surface area contributed by atoms with Crippen LogP contribution in [0.4, 0.5) is 0 Å². The lowest BCUT2D eigenvalue weighted by Crippen LogP contribution is -2.52. The minimum Gasteiger partial charge on any atom is -0.409 e. The molecule has 1 heterocycles. The van der Waals surface area contributed by atoms with E-state index in [1.165, 1.54) is 0 Å². The van der Waals surface area contributed by atoms with Gasteiger partial charge in [-0.25, -0.2) is 0 Å². The Morgan fingerprint density at radius 3 is 2.53 bits per heavy atom. The van der Waals surface area contributed by atoms with Gasteiger partial charge in [0.2, 0.25) is 5.91 Å². The number of hydrogen-bond donors (Lipinski definition) is 2. The zero-order valence-corrected chi connectivity index (χ0v) is 11.9. The molecular weight excluding hydrogens is 242 g/mol. The Morgan fingerprint density at radius 2 is 2.00 bits per heavy atom. The van der Waals surface area contributed by atoms with E-state index < -0.39 is 5.41 Å². The van der Waals surface area contributed by atoms with Crippen LogP contribution < -0.4 is 5.73 Å². The molecular formula is C14H25N3O2. The Bertz CT molecular complexity index is 373.